The topological polar surface area (TPSA) is 30.5 Å². The van der Waals surface area contributed by atoms with Crippen molar-refractivity contribution in [2.45, 2.75) is 19.5 Å². The molecule has 0 saturated carbocycles. The molecule has 0 spiro atoms. The van der Waals surface area contributed by atoms with Crippen LogP contribution in [0.3, 0.4) is 0 Å². The van der Waals surface area contributed by atoms with Crippen LogP contribution in [-0.2, 0) is 6.54 Å². The largest absolute Gasteiger partial charge is 0.454 e. The van der Waals surface area contributed by atoms with Gasteiger partial charge >= 0.3 is 0 Å². The highest BCUT2D eigenvalue weighted by Crippen LogP contribution is 2.35. The van der Waals surface area contributed by atoms with Crippen molar-refractivity contribution in [1.82, 2.24) is 5.32 Å². The summed E-state index contributed by atoms with van der Waals surface area (Å²) in [6.07, 6.45) is 0. The second-order valence-electron chi connectivity index (χ2n) is 4.55. The van der Waals surface area contributed by atoms with Crippen molar-refractivity contribution in [1.29, 1.82) is 0 Å². The summed E-state index contributed by atoms with van der Waals surface area (Å²) in [7, 11) is 0. The fourth-order valence-corrected chi connectivity index (χ4v) is 4.16. The van der Waals surface area contributed by atoms with Crippen LogP contribution < -0.4 is 14.8 Å². The standard InChI is InChI=1S/C14H13Br2NO2S/c1-8(17-6-10-5-11(15)14(16)20-10)9-2-3-12-13(4-9)19-7-18-12/h2-5,8,17H,6-7H2,1H3. The Labute approximate surface area is 138 Å². The van der Waals surface area contributed by atoms with Crippen molar-refractivity contribution in [3.8, 4) is 11.5 Å². The lowest BCUT2D eigenvalue weighted by molar-refractivity contribution is 0.174. The van der Waals surface area contributed by atoms with Crippen molar-refractivity contribution in [2.24, 2.45) is 0 Å². The monoisotopic (exact) mass is 417 g/mol. The normalized spacial score (nSPS) is 14.6. The maximum Gasteiger partial charge on any atom is 0.231 e. The molecule has 1 atom stereocenters. The quantitative estimate of drug-likeness (QED) is 0.769. The van der Waals surface area contributed by atoms with E-state index in [0.29, 0.717) is 6.79 Å². The molecule has 1 aliphatic heterocycles. The summed E-state index contributed by atoms with van der Waals surface area (Å²) in [5.41, 5.74) is 1.20. The van der Waals surface area contributed by atoms with Crippen LogP contribution in [0.5, 0.6) is 11.5 Å². The lowest BCUT2D eigenvalue weighted by Gasteiger charge is -2.14. The van der Waals surface area contributed by atoms with E-state index < -0.39 is 0 Å². The Morgan fingerprint density at radius 1 is 1.25 bits per heavy atom. The minimum absolute atomic E-state index is 0.254. The lowest BCUT2D eigenvalue weighted by atomic mass is 10.1. The van der Waals surface area contributed by atoms with Gasteiger partial charge in [-0.15, -0.1) is 11.3 Å². The SMILES string of the molecule is CC(NCc1cc(Br)c(Br)s1)c1ccc2c(c1)OCO2. The molecule has 106 valence electrons. The third kappa shape index (κ3) is 3.03. The van der Waals surface area contributed by atoms with E-state index in [1.807, 2.05) is 12.1 Å². The van der Waals surface area contributed by atoms with Gasteiger partial charge in [0.1, 0.15) is 0 Å². The molecule has 2 aromatic rings. The molecule has 0 saturated heterocycles. The predicted molar refractivity (Wildman–Crippen MR) is 87.5 cm³/mol. The van der Waals surface area contributed by atoms with Gasteiger partial charge in [-0.1, -0.05) is 6.07 Å². The highest BCUT2D eigenvalue weighted by atomic mass is 79.9. The zero-order chi connectivity index (χ0) is 14.1. The summed E-state index contributed by atoms with van der Waals surface area (Å²) in [5.74, 6) is 1.66. The Kier molecular flexibility index (Phi) is 4.35. The number of hydrogen-bond donors (Lipinski definition) is 1. The van der Waals surface area contributed by atoms with E-state index in [0.717, 1.165) is 26.3 Å². The van der Waals surface area contributed by atoms with Gasteiger partial charge in [-0.05, 0) is 62.5 Å². The average molecular weight is 419 g/mol. The maximum atomic E-state index is 5.41. The minimum Gasteiger partial charge on any atom is -0.454 e. The molecule has 1 unspecified atom stereocenters. The van der Waals surface area contributed by atoms with Crippen LogP contribution >= 0.6 is 43.2 Å². The van der Waals surface area contributed by atoms with Crippen LogP contribution in [0.25, 0.3) is 0 Å². The molecular formula is C14H13Br2NO2S. The van der Waals surface area contributed by atoms with Gasteiger partial charge in [-0.3, -0.25) is 0 Å². The number of fused-ring (bicyclic) bond motifs is 1. The van der Waals surface area contributed by atoms with Gasteiger partial charge in [0.2, 0.25) is 6.79 Å². The maximum absolute atomic E-state index is 5.41. The van der Waals surface area contributed by atoms with Crippen LogP contribution in [0.1, 0.15) is 23.4 Å². The number of thiophene rings is 1. The number of ether oxygens (including phenoxy) is 2. The zero-order valence-electron chi connectivity index (χ0n) is 10.8. The van der Waals surface area contributed by atoms with Gasteiger partial charge in [0.15, 0.2) is 11.5 Å². The molecule has 0 amide bonds. The lowest BCUT2D eigenvalue weighted by Crippen LogP contribution is -2.17. The van der Waals surface area contributed by atoms with Crippen molar-refractivity contribution in [3.63, 3.8) is 0 Å². The van der Waals surface area contributed by atoms with Gasteiger partial charge < -0.3 is 14.8 Å². The molecule has 1 aliphatic rings. The summed E-state index contributed by atoms with van der Waals surface area (Å²) >= 11 is 8.76. The Morgan fingerprint density at radius 3 is 2.80 bits per heavy atom. The highest BCUT2D eigenvalue weighted by Gasteiger charge is 2.15. The number of nitrogens with one attached hydrogen (secondary N) is 1. The molecule has 3 nitrogen and oxygen atoms in total. The molecule has 0 aliphatic carbocycles. The molecule has 1 aromatic carbocycles. The van der Waals surface area contributed by atoms with Crippen LogP contribution in [0, 0.1) is 0 Å². The van der Waals surface area contributed by atoms with Gasteiger partial charge in [-0.2, -0.15) is 0 Å². The smallest absolute Gasteiger partial charge is 0.231 e. The second-order valence-corrected chi connectivity index (χ2v) is 7.86. The van der Waals surface area contributed by atoms with Crippen LogP contribution in [0.15, 0.2) is 32.5 Å². The van der Waals surface area contributed by atoms with Crippen molar-refractivity contribution < 1.29 is 9.47 Å². The van der Waals surface area contributed by atoms with Crippen LogP contribution in [0.2, 0.25) is 0 Å². The van der Waals surface area contributed by atoms with Gasteiger partial charge in [0.25, 0.3) is 0 Å². The number of halogens is 2. The Balaban J connectivity index is 1.65. The Hall–Kier alpha value is -0.560. The molecule has 0 fully saturated rings. The molecular weight excluding hydrogens is 406 g/mol. The average Bonchev–Trinajstić information content (AvgIpc) is 3.02. The van der Waals surface area contributed by atoms with E-state index in [1.54, 1.807) is 11.3 Å². The molecule has 1 aromatic heterocycles. The third-order valence-electron chi connectivity index (χ3n) is 3.18. The first kappa shape index (κ1) is 14.4. The predicted octanol–water partition coefficient (Wildman–Crippen LogP) is 4.85. The first-order chi connectivity index (χ1) is 9.63. The van der Waals surface area contributed by atoms with Crippen LogP contribution in [-0.4, -0.2) is 6.79 Å². The number of rotatable bonds is 4. The molecule has 1 N–H and O–H groups in total. The molecule has 0 bridgehead atoms. The zero-order valence-corrected chi connectivity index (χ0v) is 14.8. The van der Waals surface area contributed by atoms with E-state index in [1.165, 1.54) is 10.4 Å². The van der Waals surface area contributed by atoms with Crippen LogP contribution in [0.4, 0.5) is 0 Å². The summed E-state index contributed by atoms with van der Waals surface area (Å²) in [6, 6.07) is 8.47. The molecule has 3 rings (SSSR count). The molecule has 6 heteroatoms. The summed E-state index contributed by atoms with van der Waals surface area (Å²) in [4.78, 5) is 1.29. The highest BCUT2D eigenvalue weighted by molar-refractivity contribution is 9.13. The van der Waals surface area contributed by atoms with E-state index in [2.05, 4.69) is 56.2 Å². The number of benzene rings is 1. The summed E-state index contributed by atoms with van der Waals surface area (Å²) < 4.78 is 13.0. The van der Waals surface area contributed by atoms with E-state index >= 15 is 0 Å². The minimum atomic E-state index is 0.254. The Morgan fingerprint density at radius 2 is 2.05 bits per heavy atom. The van der Waals surface area contributed by atoms with Crippen molar-refractivity contribution in [3.05, 3.63) is 43.0 Å². The Bertz CT molecular complexity index is 610. The van der Waals surface area contributed by atoms with Gasteiger partial charge in [-0.25, -0.2) is 0 Å². The summed E-state index contributed by atoms with van der Waals surface area (Å²) in [5, 5.41) is 3.52. The first-order valence-corrected chi connectivity index (χ1v) is 8.60. The third-order valence-corrected chi connectivity index (χ3v) is 6.43. The van der Waals surface area contributed by atoms with E-state index in [-0.39, 0.29) is 6.04 Å². The molecule has 20 heavy (non-hydrogen) atoms. The van der Waals surface area contributed by atoms with Crippen molar-refractivity contribution >= 4 is 43.2 Å². The fraction of sp³-hybridized carbons (Fsp3) is 0.286. The summed E-state index contributed by atoms with van der Waals surface area (Å²) in [6.45, 7) is 3.30. The fourth-order valence-electron chi connectivity index (χ4n) is 2.03. The second kappa shape index (κ2) is 6.05. The first-order valence-electron chi connectivity index (χ1n) is 6.20. The van der Waals surface area contributed by atoms with E-state index in [4.69, 9.17) is 9.47 Å². The molecule has 2 heterocycles. The van der Waals surface area contributed by atoms with E-state index in [9.17, 15) is 0 Å². The number of hydrogen-bond acceptors (Lipinski definition) is 4. The van der Waals surface area contributed by atoms with Gasteiger partial charge in [0, 0.05) is 21.9 Å². The molecule has 0 radical (unpaired) electrons. The van der Waals surface area contributed by atoms with Gasteiger partial charge in [0.05, 0.1) is 3.79 Å². The van der Waals surface area contributed by atoms with Crippen molar-refractivity contribution in [2.75, 3.05) is 6.79 Å².